The molecule has 0 amide bonds. The van der Waals surface area contributed by atoms with Gasteiger partial charge in [0.2, 0.25) is 0 Å². The molecule has 0 aliphatic heterocycles. The molecule has 0 heterocycles. The second-order valence-electron chi connectivity index (χ2n) is 4.88. The van der Waals surface area contributed by atoms with Gasteiger partial charge in [0, 0.05) is 19.6 Å². The van der Waals surface area contributed by atoms with Crippen LogP contribution in [0.25, 0.3) is 0 Å². The van der Waals surface area contributed by atoms with E-state index in [-0.39, 0.29) is 5.75 Å². The van der Waals surface area contributed by atoms with Crippen molar-refractivity contribution in [2.75, 3.05) is 37.3 Å². The average molecular weight is 298 g/mol. The lowest BCUT2D eigenvalue weighted by molar-refractivity contribution is 0.593. The molecule has 0 saturated heterocycles. The van der Waals surface area contributed by atoms with E-state index in [1.807, 2.05) is 26.1 Å². The van der Waals surface area contributed by atoms with Crippen molar-refractivity contribution in [3.05, 3.63) is 24.3 Å². The third kappa shape index (κ3) is 4.49. The number of anilines is 1. The van der Waals surface area contributed by atoms with Gasteiger partial charge in [0.1, 0.15) is 0 Å². The monoisotopic (exact) mass is 298 g/mol. The largest absolute Gasteiger partial charge is 0.369 e. The number of benzene rings is 1. The van der Waals surface area contributed by atoms with Crippen LogP contribution < -0.4 is 10.2 Å². The first kappa shape index (κ1) is 17.0. The Morgan fingerprint density at radius 3 is 2.40 bits per heavy atom. The van der Waals surface area contributed by atoms with Crippen LogP contribution in [0.1, 0.15) is 26.7 Å². The molecule has 5 heteroatoms. The van der Waals surface area contributed by atoms with Crippen molar-refractivity contribution in [2.45, 2.75) is 31.6 Å². The fraction of sp³-hybridized carbons (Fsp3) is 0.600. The fourth-order valence-corrected chi connectivity index (χ4v) is 3.79. The lowest BCUT2D eigenvalue weighted by atomic mass is 10.2. The lowest BCUT2D eigenvalue weighted by Crippen LogP contribution is -2.32. The van der Waals surface area contributed by atoms with E-state index >= 15 is 0 Å². The van der Waals surface area contributed by atoms with Gasteiger partial charge in [-0.3, -0.25) is 0 Å². The maximum absolute atomic E-state index is 12.4. The van der Waals surface area contributed by atoms with E-state index < -0.39 is 9.84 Å². The molecule has 0 unspecified atom stereocenters. The highest BCUT2D eigenvalue weighted by Crippen LogP contribution is 2.26. The molecule has 20 heavy (non-hydrogen) atoms. The summed E-state index contributed by atoms with van der Waals surface area (Å²) in [6, 6.07) is 7.34. The number of hydrogen-bond acceptors (Lipinski definition) is 4. The predicted octanol–water partition coefficient (Wildman–Crippen LogP) is 2.31. The molecule has 114 valence electrons. The van der Waals surface area contributed by atoms with Crippen molar-refractivity contribution >= 4 is 15.5 Å². The molecule has 0 aliphatic carbocycles. The van der Waals surface area contributed by atoms with E-state index in [1.54, 1.807) is 12.1 Å². The molecule has 1 rings (SSSR count). The molecule has 0 aliphatic rings. The SMILES string of the molecule is CCCN(CCNC)c1ccccc1S(=O)(=O)CCC. The highest BCUT2D eigenvalue weighted by Gasteiger charge is 2.20. The van der Waals surface area contributed by atoms with Crippen LogP contribution >= 0.6 is 0 Å². The molecule has 4 nitrogen and oxygen atoms in total. The summed E-state index contributed by atoms with van der Waals surface area (Å²) in [4.78, 5) is 2.62. The van der Waals surface area contributed by atoms with Gasteiger partial charge in [-0.2, -0.15) is 0 Å². The normalized spacial score (nSPS) is 11.6. The van der Waals surface area contributed by atoms with Gasteiger partial charge in [-0.05, 0) is 32.0 Å². The van der Waals surface area contributed by atoms with Crippen LogP contribution in [-0.2, 0) is 9.84 Å². The van der Waals surface area contributed by atoms with Gasteiger partial charge in [-0.15, -0.1) is 0 Å². The maximum atomic E-state index is 12.4. The molecule has 1 N–H and O–H groups in total. The minimum Gasteiger partial charge on any atom is -0.369 e. The molecule has 1 aromatic rings. The molecule has 0 aromatic heterocycles. The molecule has 1 aromatic carbocycles. The standard InChI is InChI=1S/C15H26N2O2S/c1-4-11-17(12-10-16-3)14-8-6-7-9-15(14)20(18,19)13-5-2/h6-9,16H,4-5,10-13H2,1-3H3. The first-order valence-electron chi connectivity index (χ1n) is 7.28. The Hall–Kier alpha value is -1.07. The van der Waals surface area contributed by atoms with Gasteiger partial charge in [-0.1, -0.05) is 26.0 Å². The van der Waals surface area contributed by atoms with Crippen molar-refractivity contribution in [1.29, 1.82) is 0 Å². The summed E-state index contributed by atoms with van der Waals surface area (Å²) in [5, 5.41) is 3.12. The van der Waals surface area contributed by atoms with E-state index in [1.165, 1.54) is 0 Å². The Morgan fingerprint density at radius 2 is 1.80 bits per heavy atom. The highest BCUT2D eigenvalue weighted by atomic mass is 32.2. The zero-order valence-electron chi connectivity index (χ0n) is 12.7. The molecule has 0 atom stereocenters. The van der Waals surface area contributed by atoms with Crippen LogP contribution in [-0.4, -0.2) is 40.9 Å². The van der Waals surface area contributed by atoms with E-state index in [9.17, 15) is 8.42 Å². The van der Waals surface area contributed by atoms with E-state index in [0.717, 1.165) is 31.7 Å². The number of rotatable bonds is 9. The van der Waals surface area contributed by atoms with Crippen molar-refractivity contribution < 1.29 is 8.42 Å². The van der Waals surface area contributed by atoms with Crippen LogP contribution in [0.2, 0.25) is 0 Å². The number of sulfone groups is 1. The number of para-hydroxylation sites is 1. The summed E-state index contributed by atoms with van der Waals surface area (Å²) < 4.78 is 24.8. The summed E-state index contributed by atoms with van der Waals surface area (Å²) in [5.74, 6) is 0.204. The smallest absolute Gasteiger partial charge is 0.180 e. The summed E-state index contributed by atoms with van der Waals surface area (Å²) in [6.07, 6.45) is 1.63. The Morgan fingerprint density at radius 1 is 1.10 bits per heavy atom. The van der Waals surface area contributed by atoms with Gasteiger partial charge in [0.15, 0.2) is 9.84 Å². The Kier molecular flexibility index (Phi) is 7.02. The van der Waals surface area contributed by atoms with Gasteiger partial charge in [0.25, 0.3) is 0 Å². The molecule has 0 spiro atoms. The zero-order chi connectivity index (χ0) is 15.0. The van der Waals surface area contributed by atoms with Gasteiger partial charge in [-0.25, -0.2) is 8.42 Å². The van der Waals surface area contributed by atoms with Crippen LogP contribution in [0.4, 0.5) is 5.69 Å². The predicted molar refractivity (Wildman–Crippen MR) is 85.2 cm³/mol. The van der Waals surface area contributed by atoms with Gasteiger partial charge < -0.3 is 10.2 Å². The average Bonchev–Trinajstić information content (AvgIpc) is 2.43. The van der Waals surface area contributed by atoms with Crippen LogP contribution in [0.5, 0.6) is 0 Å². The summed E-state index contributed by atoms with van der Waals surface area (Å²) >= 11 is 0. The van der Waals surface area contributed by atoms with Gasteiger partial charge in [0.05, 0.1) is 16.3 Å². The maximum Gasteiger partial charge on any atom is 0.180 e. The second-order valence-corrected chi connectivity index (χ2v) is 6.95. The molecular weight excluding hydrogens is 272 g/mol. The third-order valence-corrected chi connectivity index (χ3v) is 5.10. The molecule has 0 bridgehead atoms. The molecule has 0 saturated carbocycles. The van der Waals surface area contributed by atoms with Crippen molar-refractivity contribution in [1.82, 2.24) is 5.32 Å². The minimum atomic E-state index is -3.19. The fourth-order valence-electron chi connectivity index (χ4n) is 2.23. The Labute approximate surface area is 123 Å². The molecule has 0 radical (unpaired) electrons. The van der Waals surface area contributed by atoms with Crippen LogP contribution in [0.15, 0.2) is 29.2 Å². The van der Waals surface area contributed by atoms with E-state index in [2.05, 4.69) is 17.1 Å². The van der Waals surface area contributed by atoms with Crippen molar-refractivity contribution in [3.8, 4) is 0 Å². The van der Waals surface area contributed by atoms with Gasteiger partial charge >= 0.3 is 0 Å². The first-order valence-corrected chi connectivity index (χ1v) is 8.93. The number of nitrogens with zero attached hydrogens (tertiary/aromatic N) is 1. The van der Waals surface area contributed by atoms with Crippen LogP contribution in [0, 0.1) is 0 Å². The number of nitrogens with one attached hydrogen (secondary N) is 1. The summed E-state index contributed by atoms with van der Waals surface area (Å²) in [5.41, 5.74) is 0.832. The van der Waals surface area contributed by atoms with E-state index in [0.29, 0.717) is 11.3 Å². The lowest BCUT2D eigenvalue weighted by Gasteiger charge is -2.26. The molecule has 0 fully saturated rings. The number of hydrogen-bond donors (Lipinski definition) is 1. The first-order chi connectivity index (χ1) is 9.56. The quantitative estimate of drug-likeness (QED) is 0.760. The highest BCUT2D eigenvalue weighted by molar-refractivity contribution is 7.91. The minimum absolute atomic E-state index is 0.204. The Balaban J connectivity index is 3.15. The topological polar surface area (TPSA) is 49.4 Å². The zero-order valence-corrected chi connectivity index (χ0v) is 13.5. The number of likely N-dealkylation sites (N-methyl/N-ethyl adjacent to an activating group) is 1. The van der Waals surface area contributed by atoms with E-state index in [4.69, 9.17) is 0 Å². The second kappa shape index (κ2) is 8.27. The summed E-state index contributed by atoms with van der Waals surface area (Å²) in [7, 11) is -1.28. The van der Waals surface area contributed by atoms with Crippen LogP contribution in [0.3, 0.4) is 0 Å². The Bertz CT molecular complexity index is 500. The molecular formula is C15H26N2O2S. The third-order valence-electron chi connectivity index (χ3n) is 3.14. The summed E-state index contributed by atoms with van der Waals surface area (Å²) in [6.45, 7) is 6.51. The van der Waals surface area contributed by atoms with Crippen molar-refractivity contribution in [2.24, 2.45) is 0 Å². The van der Waals surface area contributed by atoms with Crippen molar-refractivity contribution in [3.63, 3.8) is 0 Å².